The van der Waals surface area contributed by atoms with Crippen LogP contribution < -0.4 is 0 Å². The van der Waals surface area contributed by atoms with Gasteiger partial charge >= 0.3 is 0 Å². The molecule has 2 radical (unpaired) electrons. The van der Waals surface area contributed by atoms with E-state index in [0.717, 1.165) is 52.1 Å². The van der Waals surface area contributed by atoms with Gasteiger partial charge in [0.15, 0.2) is 0 Å². The van der Waals surface area contributed by atoms with Gasteiger partial charge in [0.05, 0.1) is 13.2 Å². The molecule has 2 aromatic carbocycles. The fourth-order valence-corrected chi connectivity index (χ4v) is 5.52. The first-order valence-corrected chi connectivity index (χ1v) is 14.7. The van der Waals surface area contributed by atoms with Gasteiger partial charge in [-0.2, -0.15) is 0 Å². The minimum absolute atomic E-state index is 0.251. The topological polar surface area (TPSA) is 36.9 Å². The molecule has 0 amide bonds. The number of ether oxygens (including phenoxy) is 2. The van der Waals surface area contributed by atoms with E-state index in [2.05, 4.69) is 48.5 Å². The molecule has 35 heavy (non-hydrogen) atoms. The Morgan fingerprint density at radius 2 is 0.914 bits per heavy atom. The van der Waals surface area contributed by atoms with E-state index in [1.165, 1.54) is 62.5 Å². The van der Waals surface area contributed by atoms with Crippen molar-refractivity contribution in [2.45, 2.75) is 102 Å². The van der Waals surface area contributed by atoms with Crippen LogP contribution in [-0.2, 0) is 30.3 Å². The fraction of sp³-hybridized carbons (Fsp3) is 0.600. The predicted molar refractivity (Wildman–Crippen MR) is 143 cm³/mol. The third-order valence-corrected chi connectivity index (χ3v) is 7.57. The maximum absolute atomic E-state index is 5.95. The first-order chi connectivity index (χ1) is 17.4. The van der Waals surface area contributed by atoms with Gasteiger partial charge in [0.1, 0.15) is 15.9 Å². The summed E-state index contributed by atoms with van der Waals surface area (Å²) in [4.78, 5) is 0. The van der Waals surface area contributed by atoms with Crippen molar-refractivity contribution < 1.29 is 17.1 Å². The number of unbranched alkanes of at least 4 members (excludes halogenated alkanes) is 8. The Kier molecular flexibility index (Phi) is 15.4. The van der Waals surface area contributed by atoms with Gasteiger partial charge in [0.25, 0.3) is 0 Å². The minimum Gasteiger partial charge on any atom is -0.675 e. The second-order valence-electron chi connectivity index (χ2n) is 9.63. The third kappa shape index (κ3) is 13.1. The first kappa shape index (κ1) is 28.4. The molecule has 1 aliphatic heterocycles. The standard InChI is InChI=1S/C30H44O4.Al/c31-29(21-13-3-1-2-5-15-23-33-25-27-17-9-7-10-18-27)30(32)22-14-4-6-16-24-34-26-28-19-11-8-12-20-28;/h7-12,17-20,29-30H,1-6,13-16,21-26H2;/q-2;+1/t29-,30+;/m0./s1. The van der Waals surface area contributed by atoms with Crippen LogP contribution in [0.5, 0.6) is 0 Å². The highest BCUT2D eigenvalue weighted by Crippen LogP contribution is 2.23. The summed E-state index contributed by atoms with van der Waals surface area (Å²) in [6.45, 7) is 3.18. The summed E-state index contributed by atoms with van der Waals surface area (Å²) < 4.78 is 23.5. The largest absolute Gasteiger partial charge is 0.675 e. The van der Waals surface area contributed by atoms with E-state index < -0.39 is 0 Å². The SMILES string of the molecule is c1ccc(COCCCCCCCC[C@@H]2[O][Al-][O][C@@H]2CCCCCCOCc2ccccc2)cc1. The molecule has 4 nitrogen and oxygen atoms in total. The molecule has 1 aliphatic rings. The highest BCUT2D eigenvalue weighted by atomic mass is 27.2. The van der Waals surface area contributed by atoms with Crippen molar-refractivity contribution in [1.82, 2.24) is 0 Å². The maximum Gasteiger partial charge on any atom is 0.136 e. The number of hydrogen-bond acceptors (Lipinski definition) is 4. The van der Waals surface area contributed by atoms with Crippen LogP contribution in [0.25, 0.3) is 0 Å². The zero-order chi connectivity index (χ0) is 24.2. The van der Waals surface area contributed by atoms with Crippen molar-refractivity contribution in [2.24, 2.45) is 0 Å². The van der Waals surface area contributed by atoms with Crippen LogP contribution in [0.3, 0.4) is 0 Å². The van der Waals surface area contributed by atoms with Crippen molar-refractivity contribution in [2.75, 3.05) is 13.2 Å². The van der Waals surface area contributed by atoms with E-state index in [4.69, 9.17) is 17.1 Å². The Bertz CT molecular complexity index is 743. The third-order valence-electron chi connectivity index (χ3n) is 6.65. The molecule has 0 N–H and O–H groups in total. The molecular formula is C30H44AlO4-. The molecule has 2 atom stereocenters. The van der Waals surface area contributed by atoms with E-state index >= 15 is 0 Å². The Morgan fingerprint density at radius 3 is 1.37 bits per heavy atom. The lowest BCUT2D eigenvalue weighted by molar-refractivity contribution is 0.115. The van der Waals surface area contributed by atoms with Crippen LogP contribution in [0, 0.1) is 0 Å². The molecule has 2 aromatic rings. The molecule has 3 rings (SSSR count). The monoisotopic (exact) mass is 495 g/mol. The minimum atomic E-state index is -0.251. The molecule has 0 bridgehead atoms. The molecule has 1 heterocycles. The van der Waals surface area contributed by atoms with Crippen LogP contribution in [0.4, 0.5) is 0 Å². The lowest BCUT2D eigenvalue weighted by atomic mass is 10.00. The summed E-state index contributed by atoms with van der Waals surface area (Å²) in [6, 6.07) is 20.8. The molecule has 0 aliphatic carbocycles. The van der Waals surface area contributed by atoms with E-state index in [1.54, 1.807) is 0 Å². The zero-order valence-electron chi connectivity index (χ0n) is 21.5. The highest BCUT2D eigenvalue weighted by molar-refractivity contribution is 6.19. The van der Waals surface area contributed by atoms with Crippen molar-refractivity contribution in [3.63, 3.8) is 0 Å². The van der Waals surface area contributed by atoms with Crippen LogP contribution in [-0.4, -0.2) is 41.3 Å². The van der Waals surface area contributed by atoms with Crippen molar-refractivity contribution in [3.8, 4) is 0 Å². The Hall–Kier alpha value is -1.19. The average molecular weight is 496 g/mol. The lowest BCUT2D eigenvalue weighted by Crippen LogP contribution is -2.22. The summed E-state index contributed by atoms with van der Waals surface area (Å²) in [5.41, 5.74) is 2.51. The average Bonchev–Trinajstić information content (AvgIpc) is 3.35. The van der Waals surface area contributed by atoms with E-state index in [-0.39, 0.29) is 15.9 Å². The zero-order valence-corrected chi connectivity index (χ0v) is 22.6. The first-order valence-electron chi connectivity index (χ1n) is 13.8. The molecule has 0 aromatic heterocycles. The van der Waals surface area contributed by atoms with Gasteiger partial charge in [-0.15, -0.1) is 0 Å². The fourth-order valence-electron chi connectivity index (χ4n) is 4.55. The van der Waals surface area contributed by atoms with E-state index in [0.29, 0.717) is 12.2 Å². The molecular weight excluding hydrogens is 451 g/mol. The number of rotatable bonds is 20. The van der Waals surface area contributed by atoms with Gasteiger partial charge in [0.2, 0.25) is 0 Å². The molecule has 0 spiro atoms. The van der Waals surface area contributed by atoms with Crippen LogP contribution in [0.15, 0.2) is 60.7 Å². The summed E-state index contributed by atoms with van der Waals surface area (Å²) in [5.74, 6) is 0. The van der Waals surface area contributed by atoms with Gasteiger partial charge in [0, 0.05) is 25.4 Å². The van der Waals surface area contributed by atoms with Gasteiger partial charge < -0.3 is 17.1 Å². The normalized spacial score (nSPS) is 17.7. The Morgan fingerprint density at radius 1 is 0.514 bits per heavy atom. The number of benzene rings is 2. The van der Waals surface area contributed by atoms with Crippen LogP contribution in [0.2, 0.25) is 0 Å². The quantitative estimate of drug-likeness (QED) is 0.141. The van der Waals surface area contributed by atoms with Gasteiger partial charge in [-0.3, -0.25) is 0 Å². The second-order valence-corrected chi connectivity index (χ2v) is 10.4. The Balaban J connectivity index is 1.08. The molecule has 0 saturated carbocycles. The smallest absolute Gasteiger partial charge is 0.136 e. The van der Waals surface area contributed by atoms with Crippen molar-refractivity contribution in [3.05, 3.63) is 71.8 Å². The molecule has 1 saturated heterocycles. The van der Waals surface area contributed by atoms with Gasteiger partial charge in [-0.25, -0.2) is 0 Å². The predicted octanol–water partition coefficient (Wildman–Crippen LogP) is 7.42. The summed E-state index contributed by atoms with van der Waals surface area (Å²) in [6.07, 6.45) is 15.4. The lowest BCUT2D eigenvalue weighted by Gasteiger charge is -2.25. The molecule has 192 valence electrons. The molecule has 5 heteroatoms. The molecule has 1 fully saturated rings. The van der Waals surface area contributed by atoms with Crippen molar-refractivity contribution >= 4 is 15.9 Å². The second kappa shape index (κ2) is 19.0. The highest BCUT2D eigenvalue weighted by Gasteiger charge is 2.19. The van der Waals surface area contributed by atoms with Gasteiger partial charge in [-0.1, -0.05) is 112 Å². The number of hydrogen-bond donors (Lipinski definition) is 0. The summed E-state index contributed by atoms with van der Waals surface area (Å²) >= 11 is -0.251. The maximum atomic E-state index is 5.95. The summed E-state index contributed by atoms with van der Waals surface area (Å²) in [7, 11) is 0. The van der Waals surface area contributed by atoms with Crippen molar-refractivity contribution in [1.29, 1.82) is 0 Å². The van der Waals surface area contributed by atoms with E-state index in [1.807, 2.05) is 12.1 Å². The van der Waals surface area contributed by atoms with Crippen LogP contribution in [0.1, 0.15) is 88.2 Å². The van der Waals surface area contributed by atoms with Gasteiger partial charge in [-0.05, 0) is 36.8 Å². The summed E-state index contributed by atoms with van der Waals surface area (Å²) in [5, 5.41) is 0. The Labute approximate surface area is 220 Å². The van der Waals surface area contributed by atoms with E-state index in [9.17, 15) is 0 Å². The van der Waals surface area contributed by atoms with Crippen LogP contribution >= 0.6 is 0 Å². The molecule has 0 unspecified atom stereocenters.